The van der Waals surface area contributed by atoms with Crippen molar-refractivity contribution in [3.63, 3.8) is 0 Å². The molecule has 0 radical (unpaired) electrons. The van der Waals surface area contributed by atoms with Crippen LogP contribution in [0, 0.1) is 23.0 Å². The zero-order chi connectivity index (χ0) is 13.3. The summed E-state index contributed by atoms with van der Waals surface area (Å²) in [5.41, 5.74) is 0.398. The molecule has 1 unspecified atom stereocenters. The van der Waals surface area contributed by atoms with Crippen LogP contribution in [0.5, 0.6) is 0 Å². The minimum atomic E-state index is -0.506. The average molecular weight is 251 g/mol. The van der Waals surface area contributed by atoms with Gasteiger partial charge in [-0.15, -0.1) is 0 Å². The molecule has 0 bridgehead atoms. The Bertz CT molecular complexity index is 503. The number of carbonyl (C=O) groups excluding carboxylic acids is 1. The van der Waals surface area contributed by atoms with E-state index in [1.165, 1.54) is 11.0 Å². The first-order valence-corrected chi connectivity index (χ1v) is 5.55. The van der Waals surface area contributed by atoms with E-state index in [0.717, 1.165) is 6.20 Å². The van der Waals surface area contributed by atoms with Crippen LogP contribution in [0.2, 0.25) is 0 Å². The summed E-state index contributed by atoms with van der Waals surface area (Å²) in [6, 6.07) is 1.52. The molecule has 1 aliphatic rings. The number of aliphatic hydroxyl groups is 1. The van der Waals surface area contributed by atoms with Crippen molar-refractivity contribution in [3.05, 3.63) is 27.9 Å². The predicted molar refractivity (Wildman–Crippen MR) is 63.2 cm³/mol. The number of aryl methyl sites for hydroxylation is 1. The second-order valence-corrected chi connectivity index (χ2v) is 4.34. The summed E-state index contributed by atoms with van der Waals surface area (Å²) < 4.78 is 0. The summed E-state index contributed by atoms with van der Waals surface area (Å²) in [6.45, 7) is 1.96. The molecule has 1 saturated heterocycles. The number of carbonyl (C=O) groups is 1. The average Bonchev–Trinajstić information content (AvgIpc) is 2.70. The topological polar surface area (TPSA) is 96.6 Å². The van der Waals surface area contributed by atoms with Crippen molar-refractivity contribution in [3.8, 4) is 0 Å². The van der Waals surface area contributed by atoms with E-state index >= 15 is 0 Å². The third-order valence-corrected chi connectivity index (χ3v) is 3.01. The molecule has 96 valence electrons. The number of hydrogen-bond acceptors (Lipinski definition) is 5. The largest absolute Gasteiger partial charge is 0.396 e. The van der Waals surface area contributed by atoms with Crippen molar-refractivity contribution in [1.82, 2.24) is 4.98 Å². The molecule has 1 atom stereocenters. The van der Waals surface area contributed by atoms with Gasteiger partial charge in [-0.25, -0.2) is 4.98 Å². The maximum atomic E-state index is 11.7. The Balaban J connectivity index is 2.27. The normalized spacial score (nSPS) is 19.3. The van der Waals surface area contributed by atoms with Crippen LogP contribution in [-0.2, 0) is 4.79 Å². The van der Waals surface area contributed by atoms with Crippen molar-refractivity contribution in [1.29, 1.82) is 0 Å². The van der Waals surface area contributed by atoms with Crippen LogP contribution >= 0.6 is 0 Å². The van der Waals surface area contributed by atoms with E-state index < -0.39 is 4.92 Å². The number of nitro groups is 1. The Morgan fingerprint density at radius 1 is 1.67 bits per heavy atom. The number of pyridine rings is 1. The second kappa shape index (κ2) is 4.69. The first-order chi connectivity index (χ1) is 8.52. The van der Waals surface area contributed by atoms with Crippen LogP contribution in [0.3, 0.4) is 0 Å². The standard InChI is InChI=1S/C11H13N3O4/c1-7-2-10(12-4-9(7)14(17)18)13-5-8(6-15)3-11(13)16/h2,4,8,15H,3,5-6H2,1H3. The Hall–Kier alpha value is -2.02. The van der Waals surface area contributed by atoms with Gasteiger partial charge in [0.1, 0.15) is 12.0 Å². The molecule has 2 rings (SSSR count). The van der Waals surface area contributed by atoms with E-state index in [9.17, 15) is 14.9 Å². The van der Waals surface area contributed by atoms with Crippen molar-refractivity contribution in [2.24, 2.45) is 5.92 Å². The van der Waals surface area contributed by atoms with Crippen LogP contribution in [0.4, 0.5) is 11.5 Å². The van der Waals surface area contributed by atoms with Gasteiger partial charge >= 0.3 is 0 Å². The molecule has 1 N–H and O–H groups in total. The highest BCUT2D eigenvalue weighted by Gasteiger charge is 2.31. The number of rotatable bonds is 3. The minimum Gasteiger partial charge on any atom is -0.396 e. The van der Waals surface area contributed by atoms with Gasteiger partial charge in [0.15, 0.2) is 0 Å². The first kappa shape index (κ1) is 12.4. The summed E-state index contributed by atoms with van der Waals surface area (Å²) in [4.78, 5) is 27.3. The van der Waals surface area contributed by atoms with Crippen LogP contribution in [0.25, 0.3) is 0 Å². The van der Waals surface area contributed by atoms with E-state index in [4.69, 9.17) is 5.11 Å². The molecule has 0 aromatic carbocycles. The highest BCUT2D eigenvalue weighted by Crippen LogP contribution is 2.26. The zero-order valence-corrected chi connectivity index (χ0v) is 9.87. The van der Waals surface area contributed by atoms with E-state index in [-0.39, 0.29) is 30.5 Å². The number of amides is 1. The fraction of sp³-hybridized carbons (Fsp3) is 0.455. The first-order valence-electron chi connectivity index (χ1n) is 5.55. The molecule has 18 heavy (non-hydrogen) atoms. The molecular formula is C11H13N3O4. The van der Waals surface area contributed by atoms with Gasteiger partial charge in [0.05, 0.1) is 4.92 Å². The molecule has 0 aliphatic carbocycles. The van der Waals surface area contributed by atoms with Crippen molar-refractivity contribution in [2.45, 2.75) is 13.3 Å². The number of aromatic nitrogens is 1. The molecule has 1 aromatic rings. The quantitative estimate of drug-likeness (QED) is 0.628. The van der Waals surface area contributed by atoms with Gasteiger partial charge in [-0.1, -0.05) is 0 Å². The van der Waals surface area contributed by atoms with Gasteiger partial charge < -0.3 is 5.11 Å². The molecule has 7 nitrogen and oxygen atoms in total. The molecular weight excluding hydrogens is 238 g/mol. The lowest BCUT2D eigenvalue weighted by atomic mass is 10.1. The van der Waals surface area contributed by atoms with Crippen LogP contribution in [-0.4, -0.2) is 34.1 Å². The molecule has 1 fully saturated rings. The minimum absolute atomic E-state index is 0.0474. The van der Waals surface area contributed by atoms with E-state index in [2.05, 4.69) is 4.98 Å². The molecule has 2 heterocycles. The van der Waals surface area contributed by atoms with Crippen molar-refractivity contribution in [2.75, 3.05) is 18.1 Å². The van der Waals surface area contributed by atoms with Gasteiger partial charge in [0.2, 0.25) is 5.91 Å². The molecule has 7 heteroatoms. The lowest BCUT2D eigenvalue weighted by Gasteiger charge is -2.15. The van der Waals surface area contributed by atoms with Crippen LogP contribution in [0.15, 0.2) is 12.3 Å². The van der Waals surface area contributed by atoms with E-state index in [1.807, 2.05) is 0 Å². The Morgan fingerprint density at radius 2 is 2.39 bits per heavy atom. The Kier molecular flexibility index (Phi) is 3.24. The maximum absolute atomic E-state index is 11.7. The van der Waals surface area contributed by atoms with Gasteiger partial charge in [-0.2, -0.15) is 0 Å². The van der Waals surface area contributed by atoms with Crippen LogP contribution < -0.4 is 4.90 Å². The molecule has 1 aromatic heterocycles. The lowest BCUT2D eigenvalue weighted by molar-refractivity contribution is -0.385. The summed E-state index contributed by atoms with van der Waals surface area (Å²) in [7, 11) is 0. The molecule has 0 saturated carbocycles. The molecule has 0 spiro atoms. The monoisotopic (exact) mass is 251 g/mol. The fourth-order valence-electron chi connectivity index (χ4n) is 2.00. The summed E-state index contributed by atoms with van der Waals surface area (Å²) in [5, 5.41) is 19.7. The SMILES string of the molecule is Cc1cc(N2CC(CO)CC2=O)ncc1[N+](=O)[O-]. The smallest absolute Gasteiger partial charge is 0.290 e. The zero-order valence-electron chi connectivity index (χ0n) is 9.87. The van der Waals surface area contributed by atoms with Gasteiger partial charge in [0.25, 0.3) is 5.69 Å². The maximum Gasteiger partial charge on any atom is 0.290 e. The van der Waals surface area contributed by atoms with Gasteiger partial charge in [-0.05, 0) is 13.0 Å². The summed E-state index contributed by atoms with van der Waals surface area (Å²) >= 11 is 0. The molecule has 1 amide bonds. The number of nitrogens with zero attached hydrogens (tertiary/aromatic N) is 3. The second-order valence-electron chi connectivity index (χ2n) is 4.34. The fourth-order valence-corrected chi connectivity index (χ4v) is 2.00. The Labute approximate surface area is 103 Å². The molecule has 1 aliphatic heterocycles. The highest BCUT2D eigenvalue weighted by atomic mass is 16.6. The van der Waals surface area contributed by atoms with Crippen LogP contribution in [0.1, 0.15) is 12.0 Å². The highest BCUT2D eigenvalue weighted by molar-refractivity contribution is 5.95. The number of hydrogen-bond donors (Lipinski definition) is 1. The van der Waals surface area contributed by atoms with E-state index in [0.29, 0.717) is 17.9 Å². The van der Waals surface area contributed by atoms with Crippen molar-refractivity contribution >= 4 is 17.4 Å². The predicted octanol–water partition coefficient (Wildman–Crippen LogP) is 0.643. The third-order valence-electron chi connectivity index (χ3n) is 3.01. The third kappa shape index (κ3) is 2.17. The number of aliphatic hydroxyl groups excluding tert-OH is 1. The summed E-state index contributed by atoms with van der Waals surface area (Å²) in [5.74, 6) is 0.198. The lowest BCUT2D eigenvalue weighted by Crippen LogP contribution is -2.26. The van der Waals surface area contributed by atoms with E-state index in [1.54, 1.807) is 6.92 Å². The number of anilines is 1. The Morgan fingerprint density at radius 3 is 2.89 bits per heavy atom. The summed E-state index contributed by atoms with van der Waals surface area (Å²) in [6.07, 6.45) is 1.44. The van der Waals surface area contributed by atoms with Gasteiger partial charge in [0, 0.05) is 31.1 Å². The van der Waals surface area contributed by atoms with Gasteiger partial charge in [-0.3, -0.25) is 19.8 Å². The van der Waals surface area contributed by atoms with Crippen molar-refractivity contribution < 1.29 is 14.8 Å².